The number of benzene rings is 1. The van der Waals surface area contributed by atoms with E-state index >= 15 is 0 Å². The monoisotopic (exact) mass is 354 g/mol. The van der Waals surface area contributed by atoms with Crippen LogP contribution in [0.4, 0.5) is 10.5 Å². The van der Waals surface area contributed by atoms with Gasteiger partial charge in [-0.2, -0.15) is 0 Å². The Balaban J connectivity index is 1.97. The zero-order valence-electron chi connectivity index (χ0n) is 11.9. The first-order valence-electron chi connectivity index (χ1n) is 7.07. The molecule has 2 rings (SSSR count). The first kappa shape index (κ1) is 15.8. The number of anilines is 1. The van der Waals surface area contributed by atoms with Crippen molar-refractivity contribution in [1.82, 2.24) is 5.32 Å². The van der Waals surface area contributed by atoms with Crippen molar-refractivity contribution >= 4 is 33.6 Å². The smallest absolute Gasteiger partial charge is 0.335 e. The van der Waals surface area contributed by atoms with Gasteiger partial charge in [0.2, 0.25) is 0 Å². The molecule has 0 spiro atoms. The Morgan fingerprint density at radius 2 is 1.95 bits per heavy atom. The van der Waals surface area contributed by atoms with Crippen LogP contribution in [0, 0.1) is 5.92 Å². The summed E-state index contributed by atoms with van der Waals surface area (Å²) in [4.78, 5) is 23.0. The van der Waals surface area contributed by atoms with Crippen LogP contribution in [0.5, 0.6) is 0 Å². The van der Waals surface area contributed by atoms with E-state index < -0.39 is 5.97 Å². The van der Waals surface area contributed by atoms with Gasteiger partial charge in [0.05, 0.1) is 5.56 Å². The van der Waals surface area contributed by atoms with Crippen LogP contribution in [0.1, 0.15) is 43.0 Å². The number of hydrogen-bond acceptors (Lipinski definition) is 2. The number of carboxylic acids is 1. The fraction of sp³-hybridized carbons (Fsp3) is 0.467. The van der Waals surface area contributed by atoms with Crippen LogP contribution in [0.15, 0.2) is 22.7 Å². The Kier molecular flexibility index (Phi) is 5.22. The Hall–Kier alpha value is -1.56. The molecule has 0 aliphatic heterocycles. The normalized spacial score (nSPS) is 16.5. The van der Waals surface area contributed by atoms with Crippen molar-refractivity contribution in [2.75, 3.05) is 5.32 Å². The van der Waals surface area contributed by atoms with E-state index in [0.717, 1.165) is 12.8 Å². The van der Waals surface area contributed by atoms with Gasteiger partial charge in [-0.15, -0.1) is 0 Å². The van der Waals surface area contributed by atoms with E-state index in [0.29, 0.717) is 16.1 Å². The molecule has 1 aromatic carbocycles. The second-order valence-electron chi connectivity index (χ2n) is 5.47. The largest absolute Gasteiger partial charge is 0.478 e. The molecule has 6 heteroatoms. The fourth-order valence-electron chi connectivity index (χ4n) is 2.73. The minimum absolute atomic E-state index is 0.124. The van der Waals surface area contributed by atoms with Gasteiger partial charge in [0.15, 0.2) is 0 Å². The van der Waals surface area contributed by atoms with E-state index in [9.17, 15) is 9.59 Å². The third kappa shape index (κ3) is 4.46. The molecule has 0 saturated heterocycles. The van der Waals surface area contributed by atoms with Crippen LogP contribution in [-0.2, 0) is 0 Å². The quantitative estimate of drug-likeness (QED) is 0.768. The Morgan fingerprint density at radius 3 is 2.57 bits per heavy atom. The number of hydrogen-bond donors (Lipinski definition) is 3. The highest BCUT2D eigenvalue weighted by molar-refractivity contribution is 9.10. The lowest BCUT2D eigenvalue weighted by molar-refractivity contribution is 0.0697. The number of rotatable bonds is 4. The maximum atomic E-state index is 12.0. The van der Waals surface area contributed by atoms with Gasteiger partial charge < -0.3 is 15.7 Å². The maximum Gasteiger partial charge on any atom is 0.335 e. The summed E-state index contributed by atoms with van der Waals surface area (Å²) >= 11 is 3.24. The Labute approximate surface area is 132 Å². The number of carboxylic acid groups (broad SMARTS) is 1. The number of urea groups is 1. The molecule has 1 aromatic rings. The molecule has 5 nitrogen and oxygen atoms in total. The summed E-state index contributed by atoms with van der Waals surface area (Å²) < 4.78 is 0.613. The van der Waals surface area contributed by atoms with E-state index in [1.165, 1.54) is 25.0 Å². The van der Waals surface area contributed by atoms with Gasteiger partial charge >= 0.3 is 12.0 Å². The van der Waals surface area contributed by atoms with Crippen molar-refractivity contribution < 1.29 is 14.7 Å². The van der Waals surface area contributed by atoms with Crippen LogP contribution in [-0.4, -0.2) is 23.1 Å². The van der Waals surface area contributed by atoms with Gasteiger partial charge in [0, 0.05) is 16.2 Å². The molecule has 21 heavy (non-hydrogen) atoms. The number of aromatic carboxylic acids is 1. The minimum Gasteiger partial charge on any atom is -0.478 e. The molecular weight excluding hydrogens is 336 g/mol. The molecule has 1 atom stereocenters. The number of carbonyl (C=O) groups excluding carboxylic acids is 1. The molecule has 2 amide bonds. The summed E-state index contributed by atoms with van der Waals surface area (Å²) in [5.41, 5.74) is 0.585. The van der Waals surface area contributed by atoms with Crippen molar-refractivity contribution in [3.63, 3.8) is 0 Å². The van der Waals surface area contributed by atoms with Gasteiger partial charge in [-0.1, -0.05) is 28.8 Å². The summed E-state index contributed by atoms with van der Waals surface area (Å²) in [5.74, 6) is -0.494. The number of nitrogens with one attached hydrogen (secondary N) is 2. The average Bonchev–Trinajstić information content (AvgIpc) is 2.91. The molecule has 1 fully saturated rings. The highest BCUT2D eigenvalue weighted by atomic mass is 79.9. The van der Waals surface area contributed by atoms with Gasteiger partial charge in [0.1, 0.15) is 0 Å². The number of carbonyl (C=O) groups is 2. The first-order chi connectivity index (χ1) is 9.95. The second-order valence-corrected chi connectivity index (χ2v) is 6.38. The molecule has 1 unspecified atom stereocenters. The summed E-state index contributed by atoms with van der Waals surface area (Å²) in [6, 6.07) is 4.42. The maximum absolute atomic E-state index is 12.0. The molecule has 3 N–H and O–H groups in total. The summed E-state index contributed by atoms with van der Waals surface area (Å²) in [5, 5.41) is 14.6. The molecule has 114 valence electrons. The van der Waals surface area contributed by atoms with Crippen molar-refractivity contribution in [3.05, 3.63) is 28.2 Å². The summed E-state index contributed by atoms with van der Waals surface area (Å²) in [6.07, 6.45) is 4.76. The lowest BCUT2D eigenvalue weighted by atomic mass is 10.0. The van der Waals surface area contributed by atoms with E-state index in [1.54, 1.807) is 6.07 Å². The average molecular weight is 355 g/mol. The highest BCUT2D eigenvalue weighted by Gasteiger charge is 2.22. The SMILES string of the molecule is CC(NC(=O)Nc1cc(Br)cc(C(=O)O)c1)C1CCCC1. The third-order valence-electron chi connectivity index (χ3n) is 3.87. The predicted octanol–water partition coefficient (Wildman–Crippen LogP) is 3.85. The van der Waals surface area contributed by atoms with Crippen LogP contribution in [0.2, 0.25) is 0 Å². The second kappa shape index (κ2) is 6.93. The Morgan fingerprint density at radius 1 is 1.29 bits per heavy atom. The van der Waals surface area contributed by atoms with Crippen molar-refractivity contribution in [3.8, 4) is 0 Å². The van der Waals surface area contributed by atoms with Gasteiger partial charge in [-0.25, -0.2) is 9.59 Å². The summed E-state index contributed by atoms with van der Waals surface area (Å²) in [7, 11) is 0. The van der Waals surface area contributed by atoms with Gasteiger partial charge in [-0.05, 0) is 43.9 Å². The fourth-order valence-corrected chi connectivity index (χ4v) is 3.23. The molecule has 0 aromatic heterocycles. The molecule has 1 saturated carbocycles. The molecule has 0 bridgehead atoms. The van der Waals surface area contributed by atoms with E-state index in [2.05, 4.69) is 26.6 Å². The first-order valence-corrected chi connectivity index (χ1v) is 7.86. The lowest BCUT2D eigenvalue weighted by Crippen LogP contribution is -2.39. The number of amides is 2. The molecule has 1 aliphatic rings. The van der Waals surface area contributed by atoms with E-state index in [1.807, 2.05) is 6.92 Å². The zero-order valence-corrected chi connectivity index (χ0v) is 13.4. The van der Waals surface area contributed by atoms with E-state index in [4.69, 9.17) is 5.11 Å². The van der Waals surface area contributed by atoms with Crippen LogP contribution < -0.4 is 10.6 Å². The number of halogens is 1. The van der Waals surface area contributed by atoms with Crippen LogP contribution in [0.3, 0.4) is 0 Å². The van der Waals surface area contributed by atoms with Crippen molar-refractivity contribution in [1.29, 1.82) is 0 Å². The van der Waals surface area contributed by atoms with Gasteiger partial charge in [0.25, 0.3) is 0 Å². The standard InChI is InChI=1S/C15H19BrN2O3/c1-9(10-4-2-3-5-10)17-15(21)18-13-7-11(14(19)20)6-12(16)8-13/h6-10H,2-5H2,1H3,(H,19,20)(H2,17,18,21). The predicted molar refractivity (Wildman–Crippen MR) is 84.7 cm³/mol. The zero-order chi connectivity index (χ0) is 15.4. The third-order valence-corrected chi connectivity index (χ3v) is 4.33. The van der Waals surface area contributed by atoms with E-state index in [-0.39, 0.29) is 17.6 Å². The van der Waals surface area contributed by atoms with Crippen molar-refractivity contribution in [2.24, 2.45) is 5.92 Å². The molecular formula is C15H19BrN2O3. The van der Waals surface area contributed by atoms with Crippen LogP contribution in [0.25, 0.3) is 0 Å². The Bertz CT molecular complexity index is 542. The van der Waals surface area contributed by atoms with Crippen LogP contribution >= 0.6 is 15.9 Å². The topological polar surface area (TPSA) is 78.4 Å². The summed E-state index contributed by atoms with van der Waals surface area (Å²) in [6.45, 7) is 2.01. The molecule has 0 radical (unpaired) electrons. The lowest BCUT2D eigenvalue weighted by Gasteiger charge is -2.20. The van der Waals surface area contributed by atoms with Crippen molar-refractivity contribution in [2.45, 2.75) is 38.6 Å². The van der Waals surface area contributed by atoms with Gasteiger partial charge in [-0.3, -0.25) is 0 Å². The highest BCUT2D eigenvalue weighted by Crippen LogP contribution is 2.27. The minimum atomic E-state index is -1.03. The molecule has 1 aliphatic carbocycles. The molecule has 0 heterocycles.